The molecule has 0 saturated heterocycles. The molecule has 1 heterocycles. The lowest BCUT2D eigenvalue weighted by Gasteiger charge is -2.15. The third-order valence-corrected chi connectivity index (χ3v) is 1.62. The smallest absolute Gasteiger partial charge is 0.341 e. The summed E-state index contributed by atoms with van der Waals surface area (Å²) in [5, 5.41) is 24.5. The van der Waals surface area contributed by atoms with Crippen molar-refractivity contribution in [3.8, 4) is 0 Å². The highest BCUT2D eigenvalue weighted by Crippen LogP contribution is 2.22. The highest BCUT2D eigenvalue weighted by atomic mass is 16.6. The molecule has 72 valence electrons. The van der Waals surface area contributed by atoms with E-state index in [1.54, 1.807) is 0 Å². The van der Waals surface area contributed by atoms with Crippen LogP contribution >= 0.6 is 0 Å². The van der Waals surface area contributed by atoms with E-state index in [0.29, 0.717) is 0 Å². The van der Waals surface area contributed by atoms with Crippen LogP contribution in [0.25, 0.3) is 0 Å². The summed E-state index contributed by atoms with van der Waals surface area (Å²) in [5.74, 6) is -0.534. The Morgan fingerprint density at radius 3 is 2.08 bits per heavy atom. The molecule has 0 fully saturated rings. The van der Waals surface area contributed by atoms with Gasteiger partial charge in [0.05, 0.1) is 7.05 Å². The molecule has 0 amide bonds. The van der Waals surface area contributed by atoms with E-state index in [-0.39, 0.29) is 26.9 Å². The zero-order valence-corrected chi connectivity index (χ0v) is 6.94. The topological polar surface area (TPSA) is 144 Å². The zero-order valence-electron chi connectivity index (χ0n) is 6.94. The van der Waals surface area contributed by atoms with Crippen molar-refractivity contribution < 1.29 is 9.69 Å². The second kappa shape index (κ2) is 2.73. The van der Waals surface area contributed by atoms with Crippen LogP contribution in [0, 0.1) is 10.4 Å². The quantitative estimate of drug-likeness (QED) is 0.288. The molecule has 0 aliphatic rings. The van der Waals surface area contributed by atoms with E-state index >= 15 is 0 Å². The third-order valence-electron chi connectivity index (χ3n) is 1.62. The van der Waals surface area contributed by atoms with Gasteiger partial charge in [-0.25, -0.2) is 0 Å². The fraction of sp³-hybridized carbons (Fsp3) is 0.200. The average molecular weight is 186 g/mol. The Hall–Kier alpha value is -2.12. The van der Waals surface area contributed by atoms with Gasteiger partial charge in [0.15, 0.2) is 11.4 Å². The van der Waals surface area contributed by atoms with Crippen LogP contribution in [0.5, 0.6) is 0 Å². The summed E-state index contributed by atoms with van der Waals surface area (Å²) in [4.78, 5) is -0.0987. The molecule has 1 aromatic heterocycles. The number of nitrogens with zero attached hydrogens (tertiary/aromatic N) is 2. The number of aromatic nitrogens is 2. The van der Waals surface area contributed by atoms with E-state index in [1.807, 2.05) is 0 Å². The summed E-state index contributed by atoms with van der Waals surface area (Å²) < 4.78 is 0. The Morgan fingerprint density at radius 1 is 1.08 bits per heavy atom. The van der Waals surface area contributed by atoms with Crippen molar-refractivity contribution in [1.29, 1.82) is 0 Å². The maximum Gasteiger partial charge on any atom is 0.341 e. The minimum absolute atomic E-state index is 0.0129. The summed E-state index contributed by atoms with van der Waals surface area (Å²) in [6.45, 7) is 0. The summed E-state index contributed by atoms with van der Waals surface area (Å²) in [6.07, 6.45) is 0. The Morgan fingerprint density at radius 2 is 1.62 bits per heavy atom. The van der Waals surface area contributed by atoms with Gasteiger partial charge in [0, 0.05) is 0 Å². The summed E-state index contributed by atoms with van der Waals surface area (Å²) in [7, 11) is 1.44. The van der Waals surface area contributed by atoms with Crippen LogP contribution in [0.1, 0.15) is 0 Å². The number of hydrogen-bond acceptors (Lipinski definition) is 6. The molecule has 13 heavy (non-hydrogen) atoms. The van der Waals surface area contributed by atoms with E-state index in [2.05, 4.69) is 5.32 Å². The highest BCUT2D eigenvalue weighted by Gasteiger charge is 2.20. The molecule has 1 aromatic rings. The molecule has 0 atom stereocenters. The van der Waals surface area contributed by atoms with Crippen molar-refractivity contribution in [2.75, 3.05) is 29.6 Å². The first-order chi connectivity index (χ1) is 6.00. The van der Waals surface area contributed by atoms with Crippen molar-refractivity contribution in [1.82, 2.24) is 0 Å². The Balaban J connectivity index is 3.56. The average Bonchev–Trinajstić information content (AvgIpc) is 2.13. The number of nitrogens with two attached hydrogens (primary N) is 3. The molecular formula is C5H10N6O2. The summed E-state index contributed by atoms with van der Waals surface area (Å²) in [6, 6.07) is 0. The first kappa shape index (κ1) is 8.97. The van der Waals surface area contributed by atoms with E-state index < -0.39 is 5.82 Å². The van der Waals surface area contributed by atoms with Crippen LogP contribution in [0.3, 0.4) is 0 Å². The van der Waals surface area contributed by atoms with Crippen molar-refractivity contribution in [2.24, 2.45) is 0 Å². The van der Waals surface area contributed by atoms with Gasteiger partial charge >= 0.3 is 11.6 Å². The minimum Gasteiger partial charge on any atom is -0.675 e. The fourth-order valence-corrected chi connectivity index (χ4v) is 0.891. The molecule has 8 nitrogen and oxygen atoms in total. The van der Waals surface area contributed by atoms with Gasteiger partial charge in [-0.1, -0.05) is 9.69 Å². The van der Waals surface area contributed by atoms with Crippen LogP contribution in [0.15, 0.2) is 0 Å². The van der Waals surface area contributed by atoms with Crippen LogP contribution in [-0.4, -0.2) is 7.05 Å². The van der Waals surface area contributed by atoms with Gasteiger partial charge in [-0.2, -0.15) is 0 Å². The SMILES string of the molecule is CNc1c(N)c(N)c(N)[n+]([O-])[n+]1[O-]. The zero-order chi connectivity index (χ0) is 10.2. The lowest BCUT2D eigenvalue weighted by Crippen LogP contribution is -2.63. The molecule has 7 N–H and O–H groups in total. The van der Waals surface area contributed by atoms with Crippen molar-refractivity contribution in [3.05, 3.63) is 10.4 Å². The Kier molecular flexibility index (Phi) is 1.89. The number of anilines is 4. The van der Waals surface area contributed by atoms with Gasteiger partial charge in [-0.05, 0) is 0 Å². The molecule has 0 bridgehead atoms. The molecule has 0 aromatic carbocycles. The van der Waals surface area contributed by atoms with Gasteiger partial charge < -0.3 is 21.9 Å². The summed E-state index contributed by atoms with van der Waals surface area (Å²) in [5.41, 5.74) is 15.8. The Bertz CT molecular complexity index is 322. The maximum atomic E-state index is 11.1. The standard InChI is InChI=1S/C5H10N6O2/c1-9-5-3(7)2(6)4(8)10(12)11(5)13/h9H,6-8H2,1H3. The van der Waals surface area contributed by atoms with Crippen LogP contribution in [0.2, 0.25) is 0 Å². The maximum absolute atomic E-state index is 11.1. The molecular weight excluding hydrogens is 176 g/mol. The molecule has 0 aliphatic heterocycles. The second-order valence-corrected chi connectivity index (χ2v) is 2.36. The normalized spacial score (nSPS) is 9.92. The molecule has 0 radical (unpaired) electrons. The van der Waals surface area contributed by atoms with Crippen molar-refractivity contribution in [3.63, 3.8) is 0 Å². The molecule has 0 unspecified atom stereocenters. The first-order valence-corrected chi connectivity index (χ1v) is 3.38. The molecule has 0 saturated carbocycles. The van der Waals surface area contributed by atoms with Crippen LogP contribution in [0.4, 0.5) is 23.0 Å². The largest absolute Gasteiger partial charge is 0.675 e. The predicted octanol–water partition coefficient (Wildman–Crippen LogP) is -2.26. The van der Waals surface area contributed by atoms with E-state index in [1.165, 1.54) is 7.05 Å². The molecule has 0 aliphatic carbocycles. The predicted molar refractivity (Wildman–Crippen MR) is 47.1 cm³/mol. The number of nitrogens with one attached hydrogen (secondary N) is 1. The minimum atomic E-state index is -0.411. The van der Waals surface area contributed by atoms with Crippen molar-refractivity contribution >= 4 is 23.0 Å². The number of nitrogen functional groups attached to an aromatic ring is 3. The van der Waals surface area contributed by atoms with Gasteiger partial charge in [-0.15, -0.1) is 0 Å². The van der Waals surface area contributed by atoms with E-state index in [9.17, 15) is 10.4 Å². The lowest BCUT2D eigenvalue weighted by atomic mass is 10.3. The van der Waals surface area contributed by atoms with Gasteiger partial charge in [-0.3, -0.25) is 11.1 Å². The van der Waals surface area contributed by atoms with Crippen LogP contribution in [-0.2, 0) is 0 Å². The van der Waals surface area contributed by atoms with Gasteiger partial charge in [0.2, 0.25) is 0 Å². The summed E-state index contributed by atoms with van der Waals surface area (Å²) >= 11 is 0. The first-order valence-electron chi connectivity index (χ1n) is 3.38. The molecule has 0 spiro atoms. The van der Waals surface area contributed by atoms with E-state index in [0.717, 1.165) is 0 Å². The van der Waals surface area contributed by atoms with Gasteiger partial charge in [0.25, 0.3) is 0 Å². The molecule has 8 heteroatoms. The highest BCUT2D eigenvalue weighted by molar-refractivity contribution is 5.79. The fourth-order valence-electron chi connectivity index (χ4n) is 0.891. The lowest BCUT2D eigenvalue weighted by molar-refractivity contribution is -1.17. The van der Waals surface area contributed by atoms with E-state index in [4.69, 9.17) is 17.2 Å². The van der Waals surface area contributed by atoms with Crippen LogP contribution < -0.4 is 32.2 Å². The van der Waals surface area contributed by atoms with Crippen molar-refractivity contribution in [2.45, 2.75) is 0 Å². The van der Waals surface area contributed by atoms with Gasteiger partial charge in [0.1, 0.15) is 0 Å². The second-order valence-electron chi connectivity index (χ2n) is 2.36. The Labute approximate surface area is 73.7 Å². The monoisotopic (exact) mass is 186 g/mol. The third kappa shape index (κ3) is 1.08. The molecule has 1 rings (SSSR count). The number of hydrogen-bond donors (Lipinski definition) is 4. The number of rotatable bonds is 1.